The first-order chi connectivity index (χ1) is 15.6. The lowest BCUT2D eigenvalue weighted by atomic mass is 10.1. The summed E-state index contributed by atoms with van der Waals surface area (Å²) in [6, 6.07) is 19.1. The van der Waals surface area contributed by atoms with Gasteiger partial charge in [0.2, 0.25) is 0 Å². The molecule has 3 aromatic carbocycles. The van der Waals surface area contributed by atoms with Crippen LogP contribution in [-0.4, -0.2) is 35.3 Å². The van der Waals surface area contributed by atoms with E-state index >= 15 is 0 Å². The van der Waals surface area contributed by atoms with E-state index in [2.05, 4.69) is 4.98 Å². The van der Waals surface area contributed by atoms with E-state index in [1.807, 2.05) is 18.2 Å². The zero-order valence-electron chi connectivity index (χ0n) is 17.4. The quantitative estimate of drug-likeness (QED) is 0.375. The molecule has 0 saturated carbocycles. The van der Waals surface area contributed by atoms with Crippen LogP contribution >= 0.6 is 23.2 Å². The van der Waals surface area contributed by atoms with Gasteiger partial charge in [-0.2, -0.15) is 0 Å². The van der Waals surface area contributed by atoms with Gasteiger partial charge in [0.1, 0.15) is 5.82 Å². The second kappa shape index (κ2) is 9.02. The molecule has 0 aliphatic rings. The van der Waals surface area contributed by atoms with Crippen LogP contribution in [0.2, 0.25) is 10.0 Å². The van der Waals surface area contributed by atoms with Gasteiger partial charge in [-0.15, -0.1) is 0 Å². The Kier molecular flexibility index (Phi) is 6.30. The molecule has 0 radical (unpaired) electrons. The van der Waals surface area contributed by atoms with E-state index in [1.165, 1.54) is 12.3 Å². The molecule has 0 bridgehead atoms. The zero-order valence-corrected chi connectivity index (χ0v) is 19.7. The summed E-state index contributed by atoms with van der Waals surface area (Å²) in [5.41, 5.74) is 2.65. The minimum Gasteiger partial charge on any atom is -0.476 e. The van der Waals surface area contributed by atoms with E-state index < -0.39 is 15.8 Å². The maximum Gasteiger partial charge on any atom is 0.356 e. The number of hydrogen-bond acceptors (Lipinski definition) is 4. The number of imidazole rings is 1. The maximum atomic E-state index is 11.9. The molecule has 0 saturated heterocycles. The van der Waals surface area contributed by atoms with E-state index in [0.717, 1.165) is 17.4 Å². The topological polar surface area (TPSA) is 89.3 Å². The number of carbonyl (C=O) groups is 1. The molecule has 4 aromatic rings. The number of carboxylic acid groups (broad SMARTS) is 1. The average molecular weight is 501 g/mol. The first-order valence-electron chi connectivity index (χ1n) is 9.79. The summed E-state index contributed by atoms with van der Waals surface area (Å²) in [5, 5.41) is 10.4. The number of nitrogens with zero attached hydrogens (tertiary/aromatic N) is 2. The highest BCUT2D eigenvalue weighted by atomic mass is 35.5. The SMILES string of the molecule is CS(=O)(=O)c1cccc(-c2ccc(-n3cc(C(=O)O)nc3Cc3ccccc3Cl)c(Cl)c2)c1. The fourth-order valence-electron chi connectivity index (χ4n) is 3.46. The normalized spacial score (nSPS) is 11.5. The van der Waals surface area contributed by atoms with Crippen molar-refractivity contribution in [2.24, 2.45) is 0 Å². The minimum atomic E-state index is -3.35. The molecule has 0 spiro atoms. The molecular formula is C24H18Cl2N2O4S. The number of hydrogen-bond donors (Lipinski definition) is 1. The molecule has 0 atom stereocenters. The molecule has 168 valence electrons. The molecule has 4 rings (SSSR count). The Bertz CT molecular complexity index is 1480. The van der Waals surface area contributed by atoms with Crippen LogP contribution in [0.3, 0.4) is 0 Å². The van der Waals surface area contributed by atoms with Gasteiger partial charge < -0.3 is 9.67 Å². The molecule has 1 N–H and O–H groups in total. The van der Waals surface area contributed by atoms with Crippen molar-refractivity contribution in [1.29, 1.82) is 0 Å². The molecule has 0 fully saturated rings. The lowest BCUT2D eigenvalue weighted by molar-refractivity contribution is 0.0691. The Morgan fingerprint density at radius 3 is 2.36 bits per heavy atom. The number of carboxylic acids is 1. The van der Waals surface area contributed by atoms with Crippen LogP contribution in [-0.2, 0) is 16.3 Å². The average Bonchev–Trinajstić information content (AvgIpc) is 3.19. The number of benzene rings is 3. The maximum absolute atomic E-state index is 11.9. The molecule has 6 nitrogen and oxygen atoms in total. The van der Waals surface area contributed by atoms with Gasteiger partial charge in [0.25, 0.3) is 0 Å². The van der Waals surface area contributed by atoms with Gasteiger partial charge in [-0.1, -0.05) is 59.6 Å². The first kappa shape index (κ1) is 23.0. The fourth-order valence-corrected chi connectivity index (χ4v) is 4.60. The molecule has 9 heteroatoms. The van der Waals surface area contributed by atoms with Crippen LogP contribution in [0.25, 0.3) is 16.8 Å². The first-order valence-corrected chi connectivity index (χ1v) is 12.4. The summed E-state index contributed by atoms with van der Waals surface area (Å²) in [4.78, 5) is 16.0. The van der Waals surface area contributed by atoms with Gasteiger partial charge in [0, 0.05) is 23.9 Å². The van der Waals surface area contributed by atoms with E-state index in [0.29, 0.717) is 33.5 Å². The predicted molar refractivity (Wildman–Crippen MR) is 128 cm³/mol. The molecule has 0 amide bonds. The van der Waals surface area contributed by atoms with Gasteiger partial charge in [-0.3, -0.25) is 0 Å². The van der Waals surface area contributed by atoms with E-state index in [4.69, 9.17) is 23.2 Å². The van der Waals surface area contributed by atoms with Gasteiger partial charge >= 0.3 is 5.97 Å². The molecule has 1 aromatic heterocycles. The third-order valence-electron chi connectivity index (χ3n) is 5.11. The van der Waals surface area contributed by atoms with Gasteiger partial charge in [0.05, 0.1) is 15.6 Å². The molecular weight excluding hydrogens is 483 g/mol. The van der Waals surface area contributed by atoms with E-state index in [9.17, 15) is 18.3 Å². The van der Waals surface area contributed by atoms with Crippen LogP contribution in [0.5, 0.6) is 0 Å². The monoisotopic (exact) mass is 500 g/mol. The van der Waals surface area contributed by atoms with Crippen molar-refractivity contribution in [3.05, 3.63) is 100 Å². The lowest BCUT2D eigenvalue weighted by Gasteiger charge is -2.12. The standard InChI is InChI=1S/C24H18Cl2N2O4S/c1-33(31,32)18-7-4-6-15(11-18)16-9-10-22(20(26)12-16)28-14-21(24(29)30)27-23(28)13-17-5-2-3-8-19(17)25/h2-12,14H,13H2,1H3,(H,29,30). The van der Waals surface area contributed by atoms with Gasteiger partial charge in [-0.25, -0.2) is 18.2 Å². The third kappa shape index (κ3) is 4.95. The van der Waals surface area contributed by atoms with Crippen molar-refractivity contribution in [2.75, 3.05) is 6.26 Å². The van der Waals surface area contributed by atoms with Crippen LogP contribution in [0, 0.1) is 0 Å². The zero-order chi connectivity index (χ0) is 23.8. The predicted octanol–water partition coefficient (Wildman–Crippen LogP) is 5.54. The highest BCUT2D eigenvalue weighted by Gasteiger charge is 2.18. The lowest BCUT2D eigenvalue weighted by Crippen LogP contribution is -2.03. The number of aromatic nitrogens is 2. The summed E-state index contributed by atoms with van der Waals surface area (Å²) in [6.07, 6.45) is 2.88. The molecule has 0 aliphatic carbocycles. The van der Waals surface area contributed by atoms with Crippen LogP contribution < -0.4 is 0 Å². The van der Waals surface area contributed by atoms with Crippen molar-refractivity contribution >= 4 is 39.0 Å². The summed E-state index contributed by atoms with van der Waals surface area (Å²) in [5.74, 6) is -0.686. The van der Waals surface area contributed by atoms with Crippen molar-refractivity contribution < 1.29 is 18.3 Å². The Morgan fingerprint density at radius 1 is 0.970 bits per heavy atom. The smallest absolute Gasteiger partial charge is 0.356 e. The van der Waals surface area contributed by atoms with E-state index in [-0.39, 0.29) is 10.6 Å². The second-order valence-electron chi connectivity index (χ2n) is 7.45. The Labute approximate surface area is 201 Å². The summed E-state index contributed by atoms with van der Waals surface area (Å²) >= 11 is 12.9. The number of aromatic carboxylic acids is 1. The molecule has 33 heavy (non-hydrogen) atoms. The Balaban J connectivity index is 1.77. The van der Waals surface area contributed by atoms with Crippen molar-refractivity contribution in [3.8, 4) is 16.8 Å². The number of rotatable bonds is 6. The van der Waals surface area contributed by atoms with Crippen LogP contribution in [0.15, 0.2) is 77.8 Å². The van der Waals surface area contributed by atoms with Gasteiger partial charge in [0.15, 0.2) is 15.5 Å². The molecule has 0 unspecified atom stereocenters. The Hall–Kier alpha value is -3.13. The molecule has 0 aliphatic heterocycles. The van der Waals surface area contributed by atoms with Gasteiger partial charge in [-0.05, 0) is 47.0 Å². The van der Waals surface area contributed by atoms with Crippen molar-refractivity contribution in [1.82, 2.24) is 9.55 Å². The third-order valence-corrected chi connectivity index (χ3v) is 6.89. The summed E-state index contributed by atoms with van der Waals surface area (Å²) < 4.78 is 25.4. The highest BCUT2D eigenvalue weighted by Crippen LogP contribution is 2.31. The summed E-state index contributed by atoms with van der Waals surface area (Å²) in [7, 11) is -3.35. The largest absolute Gasteiger partial charge is 0.476 e. The Morgan fingerprint density at radius 2 is 1.70 bits per heavy atom. The van der Waals surface area contributed by atoms with Crippen LogP contribution in [0.4, 0.5) is 0 Å². The van der Waals surface area contributed by atoms with Crippen LogP contribution in [0.1, 0.15) is 21.9 Å². The highest BCUT2D eigenvalue weighted by molar-refractivity contribution is 7.90. The number of halogens is 2. The van der Waals surface area contributed by atoms with Crippen molar-refractivity contribution in [3.63, 3.8) is 0 Å². The second-order valence-corrected chi connectivity index (χ2v) is 10.3. The molecule has 1 heterocycles. The summed E-state index contributed by atoms with van der Waals surface area (Å²) in [6.45, 7) is 0. The minimum absolute atomic E-state index is 0.113. The van der Waals surface area contributed by atoms with Crippen molar-refractivity contribution in [2.45, 2.75) is 11.3 Å². The number of sulfone groups is 1. The fraction of sp³-hybridized carbons (Fsp3) is 0.0833. The van der Waals surface area contributed by atoms with E-state index in [1.54, 1.807) is 47.0 Å².